The molecular weight excluding hydrogens is 252 g/mol. The molecule has 1 saturated carbocycles. The molecule has 0 saturated heterocycles. The van der Waals surface area contributed by atoms with Gasteiger partial charge < -0.3 is 10.5 Å². The second-order valence-corrected chi connectivity index (χ2v) is 6.20. The molecule has 0 heterocycles. The highest BCUT2D eigenvalue weighted by molar-refractivity contribution is 7.89. The summed E-state index contributed by atoms with van der Waals surface area (Å²) in [6.45, 7) is 4.27. The largest absolute Gasteiger partial charge is 0.494 e. The van der Waals surface area contributed by atoms with Crippen LogP contribution in [0.25, 0.3) is 0 Å². The lowest BCUT2D eigenvalue weighted by Crippen LogP contribution is -2.29. The van der Waals surface area contributed by atoms with Crippen LogP contribution < -0.4 is 15.2 Å². The van der Waals surface area contributed by atoms with Crippen molar-refractivity contribution < 1.29 is 13.2 Å². The Morgan fingerprint density at radius 1 is 1.50 bits per heavy atom. The van der Waals surface area contributed by atoms with Crippen molar-refractivity contribution >= 4 is 10.0 Å². The van der Waals surface area contributed by atoms with E-state index in [4.69, 9.17) is 10.5 Å². The number of nitrogens with two attached hydrogens (primary N) is 1. The van der Waals surface area contributed by atoms with E-state index in [1.165, 1.54) is 0 Å². The predicted molar refractivity (Wildman–Crippen MR) is 69.0 cm³/mol. The molecule has 6 heteroatoms. The first-order valence-electron chi connectivity index (χ1n) is 5.95. The number of hydrogen-bond acceptors (Lipinski definition) is 4. The fourth-order valence-corrected chi connectivity index (χ4v) is 3.11. The zero-order chi connectivity index (χ0) is 13.3. The molecule has 0 spiro atoms. The molecule has 1 aromatic rings. The summed E-state index contributed by atoms with van der Waals surface area (Å²) in [5, 5.41) is 0. The normalized spacial score (nSPS) is 22.8. The van der Waals surface area contributed by atoms with Gasteiger partial charge in [0.15, 0.2) is 0 Å². The molecule has 2 rings (SSSR count). The van der Waals surface area contributed by atoms with Gasteiger partial charge in [0.05, 0.1) is 11.5 Å². The molecule has 1 aliphatic carbocycles. The highest BCUT2D eigenvalue weighted by atomic mass is 32.2. The van der Waals surface area contributed by atoms with Crippen molar-refractivity contribution in [3.63, 3.8) is 0 Å². The molecular formula is C12H18N2O3S. The van der Waals surface area contributed by atoms with Crippen molar-refractivity contribution in [2.45, 2.75) is 37.2 Å². The molecule has 0 bridgehead atoms. The molecule has 1 aromatic carbocycles. The minimum atomic E-state index is -3.47. The lowest BCUT2D eigenvalue weighted by atomic mass is 10.2. The highest BCUT2D eigenvalue weighted by Crippen LogP contribution is 2.24. The smallest absolute Gasteiger partial charge is 0.240 e. The quantitative estimate of drug-likeness (QED) is 0.828. The van der Waals surface area contributed by atoms with Crippen molar-refractivity contribution in [1.82, 2.24) is 4.72 Å². The summed E-state index contributed by atoms with van der Waals surface area (Å²) >= 11 is 0. The molecule has 0 amide bonds. The van der Waals surface area contributed by atoms with E-state index >= 15 is 0 Å². The first-order valence-corrected chi connectivity index (χ1v) is 7.43. The lowest BCUT2D eigenvalue weighted by Gasteiger charge is -2.10. The Labute approximate surface area is 107 Å². The van der Waals surface area contributed by atoms with Gasteiger partial charge in [0.25, 0.3) is 0 Å². The fourth-order valence-electron chi connectivity index (χ4n) is 1.72. The second-order valence-electron chi connectivity index (χ2n) is 4.49. The van der Waals surface area contributed by atoms with E-state index < -0.39 is 10.0 Å². The van der Waals surface area contributed by atoms with Gasteiger partial charge in [0.2, 0.25) is 10.0 Å². The van der Waals surface area contributed by atoms with Gasteiger partial charge in [-0.3, -0.25) is 0 Å². The zero-order valence-corrected chi connectivity index (χ0v) is 11.3. The molecule has 2 unspecified atom stereocenters. The summed E-state index contributed by atoms with van der Waals surface area (Å²) in [6, 6.07) is 4.67. The average Bonchev–Trinajstić information content (AvgIpc) is 2.96. The van der Waals surface area contributed by atoms with Gasteiger partial charge in [-0.05, 0) is 44.0 Å². The van der Waals surface area contributed by atoms with Crippen LogP contribution in [0.2, 0.25) is 0 Å². The summed E-state index contributed by atoms with van der Waals surface area (Å²) in [4.78, 5) is 0.252. The zero-order valence-electron chi connectivity index (χ0n) is 10.5. The molecule has 0 radical (unpaired) electrons. The first-order chi connectivity index (χ1) is 8.44. The number of nitrogens with one attached hydrogen (secondary N) is 1. The molecule has 18 heavy (non-hydrogen) atoms. The van der Waals surface area contributed by atoms with Gasteiger partial charge in [0, 0.05) is 12.1 Å². The van der Waals surface area contributed by atoms with Crippen LogP contribution >= 0.6 is 0 Å². The number of sulfonamides is 1. The third-order valence-electron chi connectivity index (χ3n) is 2.90. The Bertz CT molecular complexity index is 542. The van der Waals surface area contributed by atoms with Crippen molar-refractivity contribution in [3.8, 4) is 5.75 Å². The summed E-state index contributed by atoms with van der Waals surface area (Å²) < 4.78 is 32.0. The minimum Gasteiger partial charge on any atom is -0.494 e. The molecule has 2 atom stereocenters. The van der Waals surface area contributed by atoms with Crippen LogP contribution in [0.15, 0.2) is 23.1 Å². The molecule has 1 fully saturated rings. The van der Waals surface area contributed by atoms with Crippen LogP contribution in [0.4, 0.5) is 0 Å². The Morgan fingerprint density at radius 3 is 2.67 bits per heavy atom. The maximum absolute atomic E-state index is 12.0. The third kappa shape index (κ3) is 2.82. The van der Waals surface area contributed by atoms with Gasteiger partial charge in [-0.25, -0.2) is 13.1 Å². The van der Waals surface area contributed by atoms with Crippen LogP contribution in [-0.4, -0.2) is 27.1 Å². The van der Waals surface area contributed by atoms with E-state index in [9.17, 15) is 8.42 Å². The maximum Gasteiger partial charge on any atom is 0.240 e. The lowest BCUT2D eigenvalue weighted by molar-refractivity contribution is 0.337. The van der Waals surface area contributed by atoms with Crippen LogP contribution in [0.1, 0.15) is 18.9 Å². The molecule has 0 aliphatic heterocycles. The summed E-state index contributed by atoms with van der Waals surface area (Å²) in [6.07, 6.45) is 0.704. The van der Waals surface area contributed by atoms with Crippen molar-refractivity contribution in [2.24, 2.45) is 5.73 Å². The van der Waals surface area contributed by atoms with Crippen molar-refractivity contribution in [3.05, 3.63) is 23.8 Å². The van der Waals surface area contributed by atoms with E-state index in [0.29, 0.717) is 18.8 Å². The minimum absolute atomic E-state index is 0.0523. The predicted octanol–water partition coefficient (Wildman–Crippen LogP) is 0.772. The van der Waals surface area contributed by atoms with Crippen LogP contribution in [0.3, 0.4) is 0 Å². The highest BCUT2D eigenvalue weighted by Gasteiger charge is 2.37. The van der Waals surface area contributed by atoms with Crippen molar-refractivity contribution in [2.75, 3.05) is 6.61 Å². The van der Waals surface area contributed by atoms with Gasteiger partial charge in [-0.15, -0.1) is 0 Å². The average molecular weight is 270 g/mol. The van der Waals surface area contributed by atoms with Gasteiger partial charge >= 0.3 is 0 Å². The summed E-state index contributed by atoms with van der Waals surface area (Å²) in [7, 11) is -3.47. The number of hydrogen-bond donors (Lipinski definition) is 2. The first kappa shape index (κ1) is 13.3. The second kappa shape index (κ2) is 4.87. The van der Waals surface area contributed by atoms with E-state index in [1.807, 2.05) is 13.8 Å². The van der Waals surface area contributed by atoms with E-state index in [1.54, 1.807) is 18.2 Å². The fraction of sp³-hybridized carbons (Fsp3) is 0.500. The maximum atomic E-state index is 12.0. The Morgan fingerprint density at radius 2 is 2.17 bits per heavy atom. The van der Waals surface area contributed by atoms with Crippen LogP contribution in [0.5, 0.6) is 5.75 Å². The topological polar surface area (TPSA) is 81.4 Å². The monoisotopic (exact) mass is 270 g/mol. The van der Waals surface area contributed by atoms with E-state index in [2.05, 4.69) is 4.72 Å². The standard InChI is InChI=1S/C12H18N2O3S/c1-3-17-12-5-4-9(6-8(12)2)18(15,16)14-11-7-10(11)13/h4-6,10-11,14H,3,7,13H2,1-2H3. The summed E-state index contributed by atoms with van der Waals surface area (Å²) in [5.41, 5.74) is 6.40. The van der Waals surface area contributed by atoms with Crippen LogP contribution in [0, 0.1) is 6.92 Å². The SMILES string of the molecule is CCOc1ccc(S(=O)(=O)NC2CC2N)cc1C. The number of benzene rings is 1. The summed E-state index contributed by atoms with van der Waals surface area (Å²) in [5.74, 6) is 0.708. The molecule has 1 aliphatic rings. The Balaban J connectivity index is 2.20. The third-order valence-corrected chi connectivity index (χ3v) is 4.39. The molecule has 100 valence electrons. The number of ether oxygens (including phenoxy) is 1. The van der Waals surface area contributed by atoms with E-state index in [-0.39, 0.29) is 17.0 Å². The Kier molecular flexibility index (Phi) is 3.61. The molecule has 5 nitrogen and oxygen atoms in total. The number of aryl methyl sites for hydroxylation is 1. The van der Waals surface area contributed by atoms with Gasteiger partial charge in [-0.2, -0.15) is 0 Å². The molecule has 0 aromatic heterocycles. The number of rotatable bonds is 5. The van der Waals surface area contributed by atoms with Crippen molar-refractivity contribution in [1.29, 1.82) is 0 Å². The van der Waals surface area contributed by atoms with Gasteiger partial charge in [0.1, 0.15) is 5.75 Å². The van der Waals surface area contributed by atoms with E-state index in [0.717, 1.165) is 5.56 Å². The Hall–Kier alpha value is -1.11. The molecule has 3 N–H and O–H groups in total. The van der Waals surface area contributed by atoms with Gasteiger partial charge in [-0.1, -0.05) is 0 Å². The van der Waals surface area contributed by atoms with Crippen LogP contribution in [-0.2, 0) is 10.0 Å².